The maximum absolute atomic E-state index is 12.4. The first-order valence-electron chi connectivity index (χ1n) is 6.88. The Labute approximate surface area is 119 Å². The van der Waals surface area contributed by atoms with E-state index in [1.807, 2.05) is 0 Å². The van der Waals surface area contributed by atoms with Crippen LogP contribution in [0.2, 0.25) is 0 Å². The van der Waals surface area contributed by atoms with Gasteiger partial charge in [0.15, 0.2) is 0 Å². The summed E-state index contributed by atoms with van der Waals surface area (Å²) in [5.74, 6) is 1.07. The number of carbonyl (C=O) groups is 1. The van der Waals surface area contributed by atoms with Crippen LogP contribution in [-0.2, 0) is 0 Å². The molecule has 20 heavy (non-hydrogen) atoms. The number of hydrogen-bond donors (Lipinski definition) is 2. The Bertz CT molecular complexity index is 460. The van der Waals surface area contributed by atoms with Crippen molar-refractivity contribution in [3.63, 3.8) is 0 Å². The second-order valence-corrected chi connectivity index (χ2v) is 5.25. The Morgan fingerprint density at radius 2 is 1.75 bits per heavy atom. The summed E-state index contributed by atoms with van der Waals surface area (Å²) in [5, 5.41) is 3.09. The zero-order valence-electron chi connectivity index (χ0n) is 12.1. The maximum atomic E-state index is 12.4. The standard InChI is InChI=1S/C15H22N2O3/c1-19-12-7-11(8-13(9-12)20-2)14(18)17-15(10-16)5-3-4-6-15/h7-9H,3-6,10,16H2,1-2H3,(H,17,18). The van der Waals surface area contributed by atoms with Crippen molar-refractivity contribution in [3.8, 4) is 11.5 Å². The molecule has 0 aliphatic heterocycles. The van der Waals surface area contributed by atoms with Crippen molar-refractivity contribution in [3.05, 3.63) is 23.8 Å². The van der Waals surface area contributed by atoms with Crippen LogP contribution in [0.5, 0.6) is 11.5 Å². The number of hydrogen-bond acceptors (Lipinski definition) is 4. The van der Waals surface area contributed by atoms with Crippen LogP contribution in [-0.4, -0.2) is 32.2 Å². The van der Waals surface area contributed by atoms with Gasteiger partial charge in [0.1, 0.15) is 11.5 Å². The summed E-state index contributed by atoms with van der Waals surface area (Å²) in [6.07, 6.45) is 4.10. The molecule has 1 aromatic rings. The van der Waals surface area contributed by atoms with Gasteiger partial charge in [-0.3, -0.25) is 4.79 Å². The molecule has 0 unspecified atom stereocenters. The van der Waals surface area contributed by atoms with Crippen molar-refractivity contribution in [1.82, 2.24) is 5.32 Å². The predicted octanol–water partition coefficient (Wildman–Crippen LogP) is 1.71. The van der Waals surface area contributed by atoms with Gasteiger partial charge in [-0.1, -0.05) is 12.8 Å². The van der Waals surface area contributed by atoms with E-state index in [4.69, 9.17) is 15.2 Å². The largest absolute Gasteiger partial charge is 0.497 e. The Kier molecular flexibility index (Phi) is 4.49. The third-order valence-corrected chi connectivity index (χ3v) is 3.94. The summed E-state index contributed by atoms with van der Waals surface area (Å²) in [5.41, 5.74) is 6.12. The average molecular weight is 278 g/mol. The fraction of sp³-hybridized carbons (Fsp3) is 0.533. The number of ether oxygens (including phenoxy) is 2. The first-order chi connectivity index (χ1) is 9.62. The molecule has 5 nitrogen and oxygen atoms in total. The van der Waals surface area contributed by atoms with Gasteiger partial charge in [0.25, 0.3) is 5.91 Å². The van der Waals surface area contributed by atoms with Crippen molar-refractivity contribution in [1.29, 1.82) is 0 Å². The Balaban J connectivity index is 2.20. The normalized spacial score (nSPS) is 16.8. The zero-order chi connectivity index (χ0) is 14.6. The Morgan fingerprint density at radius 1 is 1.20 bits per heavy atom. The van der Waals surface area contributed by atoms with Gasteiger partial charge in [-0.05, 0) is 25.0 Å². The van der Waals surface area contributed by atoms with Crippen LogP contribution in [0.25, 0.3) is 0 Å². The number of nitrogens with two attached hydrogens (primary N) is 1. The Hall–Kier alpha value is -1.75. The van der Waals surface area contributed by atoms with Crippen LogP contribution < -0.4 is 20.5 Å². The second kappa shape index (κ2) is 6.13. The van der Waals surface area contributed by atoms with Gasteiger partial charge in [-0.15, -0.1) is 0 Å². The summed E-state index contributed by atoms with van der Waals surface area (Å²) in [4.78, 5) is 12.4. The third kappa shape index (κ3) is 3.04. The quantitative estimate of drug-likeness (QED) is 0.860. The first kappa shape index (κ1) is 14.7. The lowest BCUT2D eigenvalue weighted by Gasteiger charge is -2.28. The fourth-order valence-electron chi connectivity index (χ4n) is 2.68. The molecular formula is C15H22N2O3. The highest BCUT2D eigenvalue weighted by molar-refractivity contribution is 5.95. The maximum Gasteiger partial charge on any atom is 0.252 e. The zero-order valence-corrected chi connectivity index (χ0v) is 12.1. The molecule has 5 heteroatoms. The van der Waals surface area contributed by atoms with Gasteiger partial charge < -0.3 is 20.5 Å². The van der Waals surface area contributed by atoms with Crippen LogP contribution in [0.4, 0.5) is 0 Å². The van der Waals surface area contributed by atoms with Crippen LogP contribution >= 0.6 is 0 Å². The number of methoxy groups -OCH3 is 2. The predicted molar refractivity (Wildman–Crippen MR) is 77.3 cm³/mol. The van der Waals surface area contributed by atoms with E-state index >= 15 is 0 Å². The number of benzene rings is 1. The van der Waals surface area contributed by atoms with Gasteiger partial charge in [-0.25, -0.2) is 0 Å². The molecule has 0 aromatic heterocycles. The SMILES string of the molecule is COc1cc(OC)cc(C(=O)NC2(CN)CCCC2)c1. The highest BCUT2D eigenvalue weighted by Crippen LogP contribution is 2.29. The van der Waals surface area contributed by atoms with Crippen molar-refractivity contribution in [2.75, 3.05) is 20.8 Å². The average Bonchev–Trinajstić information content (AvgIpc) is 2.95. The third-order valence-electron chi connectivity index (χ3n) is 3.94. The molecule has 2 rings (SSSR count). The molecule has 0 saturated heterocycles. The van der Waals surface area contributed by atoms with Crippen LogP contribution in [0.15, 0.2) is 18.2 Å². The molecule has 1 aliphatic carbocycles. The van der Waals surface area contributed by atoms with E-state index in [9.17, 15) is 4.79 Å². The summed E-state index contributed by atoms with van der Waals surface area (Å²) >= 11 is 0. The first-order valence-corrected chi connectivity index (χ1v) is 6.88. The van der Waals surface area contributed by atoms with E-state index in [2.05, 4.69) is 5.32 Å². The van der Waals surface area contributed by atoms with Crippen molar-refractivity contribution in [2.45, 2.75) is 31.2 Å². The number of rotatable bonds is 5. The van der Waals surface area contributed by atoms with E-state index < -0.39 is 0 Å². The minimum Gasteiger partial charge on any atom is -0.497 e. The molecule has 1 aromatic carbocycles. The van der Waals surface area contributed by atoms with Crippen molar-refractivity contribution in [2.24, 2.45) is 5.73 Å². The van der Waals surface area contributed by atoms with Gasteiger partial charge in [0.05, 0.1) is 19.8 Å². The summed E-state index contributed by atoms with van der Waals surface area (Å²) in [6.45, 7) is 0.472. The van der Waals surface area contributed by atoms with Gasteiger partial charge in [0.2, 0.25) is 0 Å². The van der Waals surface area contributed by atoms with E-state index in [1.54, 1.807) is 32.4 Å². The molecule has 3 N–H and O–H groups in total. The van der Waals surface area contributed by atoms with Gasteiger partial charge in [0, 0.05) is 18.2 Å². The molecule has 0 spiro atoms. The molecule has 0 heterocycles. The lowest BCUT2D eigenvalue weighted by atomic mass is 9.97. The number of amides is 1. The second-order valence-electron chi connectivity index (χ2n) is 5.25. The van der Waals surface area contributed by atoms with Crippen molar-refractivity contribution < 1.29 is 14.3 Å². The van der Waals surface area contributed by atoms with Crippen LogP contribution in [0.3, 0.4) is 0 Å². The fourth-order valence-corrected chi connectivity index (χ4v) is 2.68. The lowest BCUT2D eigenvalue weighted by Crippen LogP contribution is -2.51. The molecule has 110 valence electrons. The van der Waals surface area contributed by atoms with Crippen molar-refractivity contribution >= 4 is 5.91 Å². The van der Waals surface area contributed by atoms with Crippen LogP contribution in [0.1, 0.15) is 36.0 Å². The monoisotopic (exact) mass is 278 g/mol. The molecule has 0 bridgehead atoms. The number of nitrogens with one attached hydrogen (secondary N) is 1. The van der Waals surface area contributed by atoms with E-state index in [1.165, 1.54) is 0 Å². The van der Waals surface area contributed by atoms with E-state index in [-0.39, 0.29) is 11.4 Å². The van der Waals surface area contributed by atoms with Gasteiger partial charge in [-0.2, -0.15) is 0 Å². The molecule has 0 atom stereocenters. The van der Waals surface area contributed by atoms with E-state index in [0.717, 1.165) is 25.7 Å². The minimum absolute atomic E-state index is 0.130. The molecule has 1 fully saturated rings. The summed E-state index contributed by atoms with van der Waals surface area (Å²) < 4.78 is 10.4. The molecule has 1 aliphatic rings. The topological polar surface area (TPSA) is 73.6 Å². The minimum atomic E-state index is -0.257. The summed E-state index contributed by atoms with van der Waals surface area (Å²) in [6, 6.07) is 5.15. The number of carbonyl (C=O) groups excluding carboxylic acids is 1. The molecule has 1 amide bonds. The van der Waals surface area contributed by atoms with Crippen LogP contribution in [0, 0.1) is 0 Å². The van der Waals surface area contributed by atoms with E-state index in [0.29, 0.717) is 23.6 Å². The summed E-state index contributed by atoms with van der Waals surface area (Å²) in [7, 11) is 3.13. The smallest absolute Gasteiger partial charge is 0.252 e. The molecular weight excluding hydrogens is 256 g/mol. The highest BCUT2D eigenvalue weighted by atomic mass is 16.5. The van der Waals surface area contributed by atoms with Gasteiger partial charge >= 0.3 is 0 Å². The Morgan fingerprint density at radius 3 is 2.20 bits per heavy atom. The highest BCUT2D eigenvalue weighted by Gasteiger charge is 2.34. The molecule has 1 saturated carbocycles. The lowest BCUT2D eigenvalue weighted by molar-refractivity contribution is 0.0902. The molecule has 0 radical (unpaired) electrons.